The number of Topliss-reactive ketones (excluding diaryl/α,β-unsaturated/α-hetero) is 1. The smallest absolute Gasteiger partial charge is 0.352 e. The van der Waals surface area contributed by atoms with Crippen LogP contribution < -0.4 is 5.32 Å². The standard InChI is InChI=1S/C21H21F3N2O/c22-21(23,24)19(27)18-11-15-10-16(6-7-17(15)26-18)20(8-9-25-13-20)12-14-4-2-1-3-5-14/h2,4-7,10-11,25-26H,1,3,8-9,12-13H2. The second-order valence-electron chi connectivity index (χ2n) is 7.45. The van der Waals surface area contributed by atoms with Crippen LogP contribution in [0, 0.1) is 0 Å². The van der Waals surface area contributed by atoms with Gasteiger partial charge in [-0.15, -0.1) is 0 Å². The lowest BCUT2D eigenvalue weighted by atomic mass is 9.74. The van der Waals surface area contributed by atoms with Crippen molar-refractivity contribution in [3.63, 3.8) is 0 Å². The molecule has 1 aliphatic carbocycles. The maximum Gasteiger partial charge on any atom is 0.456 e. The minimum atomic E-state index is -4.87. The number of carbonyl (C=O) groups is 1. The average Bonchev–Trinajstić information content (AvgIpc) is 3.28. The number of aromatic nitrogens is 1. The summed E-state index contributed by atoms with van der Waals surface area (Å²) in [7, 11) is 0. The number of aromatic amines is 1. The number of alkyl halides is 3. The van der Waals surface area contributed by atoms with Gasteiger partial charge < -0.3 is 10.3 Å². The molecule has 1 fully saturated rings. The zero-order valence-corrected chi connectivity index (χ0v) is 14.8. The van der Waals surface area contributed by atoms with Gasteiger partial charge in [0, 0.05) is 22.9 Å². The predicted octanol–water partition coefficient (Wildman–Crippen LogP) is 4.81. The number of rotatable bonds is 4. The van der Waals surface area contributed by atoms with Gasteiger partial charge >= 0.3 is 6.18 Å². The molecule has 2 aromatic rings. The van der Waals surface area contributed by atoms with Crippen molar-refractivity contribution in [3.05, 3.63) is 59.3 Å². The summed E-state index contributed by atoms with van der Waals surface area (Å²) in [6.07, 6.45) is 5.77. The summed E-state index contributed by atoms with van der Waals surface area (Å²) in [6.45, 7) is 1.75. The molecule has 1 aromatic carbocycles. The number of hydrogen-bond acceptors (Lipinski definition) is 2. The van der Waals surface area contributed by atoms with Gasteiger partial charge in [-0.2, -0.15) is 13.2 Å². The van der Waals surface area contributed by atoms with E-state index < -0.39 is 17.7 Å². The summed E-state index contributed by atoms with van der Waals surface area (Å²) in [5, 5.41) is 4.07. The van der Waals surface area contributed by atoms with Crippen molar-refractivity contribution in [3.8, 4) is 0 Å². The van der Waals surface area contributed by atoms with E-state index in [1.165, 1.54) is 11.6 Å². The Morgan fingerprint density at radius 1 is 1.19 bits per heavy atom. The van der Waals surface area contributed by atoms with Crippen molar-refractivity contribution in [1.29, 1.82) is 0 Å². The number of allylic oxidation sites excluding steroid dienone is 4. The zero-order chi connectivity index (χ0) is 19.1. The fourth-order valence-corrected chi connectivity index (χ4v) is 4.17. The lowest BCUT2D eigenvalue weighted by molar-refractivity contribution is -0.0887. The van der Waals surface area contributed by atoms with E-state index in [0.29, 0.717) is 10.9 Å². The topological polar surface area (TPSA) is 44.9 Å². The Morgan fingerprint density at radius 3 is 2.70 bits per heavy atom. The highest BCUT2D eigenvalue weighted by atomic mass is 19.4. The molecule has 0 spiro atoms. The van der Waals surface area contributed by atoms with Crippen molar-refractivity contribution in [2.45, 2.75) is 37.3 Å². The van der Waals surface area contributed by atoms with Crippen LogP contribution in [0.4, 0.5) is 13.2 Å². The van der Waals surface area contributed by atoms with Gasteiger partial charge in [0.15, 0.2) is 0 Å². The van der Waals surface area contributed by atoms with Crippen LogP contribution in [0.5, 0.6) is 0 Å². The number of ketones is 1. The van der Waals surface area contributed by atoms with Gasteiger partial charge in [-0.3, -0.25) is 4.79 Å². The first-order chi connectivity index (χ1) is 12.9. The first-order valence-electron chi connectivity index (χ1n) is 9.18. The predicted molar refractivity (Wildman–Crippen MR) is 98.9 cm³/mol. The lowest BCUT2D eigenvalue weighted by Crippen LogP contribution is -2.29. The summed E-state index contributed by atoms with van der Waals surface area (Å²) in [5.41, 5.74) is 2.47. The highest BCUT2D eigenvalue weighted by molar-refractivity contribution is 6.02. The fraction of sp³-hybridized carbons (Fsp3) is 0.381. The van der Waals surface area contributed by atoms with Gasteiger partial charge in [0.1, 0.15) is 0 Å². The Kier molecular flexibility index (Phi) is 4.46. The second kappa shape index (κ2) is 6.68. The Labute approximate surface area is 155 Å². The van der Waals surface area contributed by atoms with Crippen molar-refractivity contribution >= 4 is 16.7 Å². The minimum absolute atomic E-state index is 0.0762. The molecule has 1 saturated heterocycles. The van der Waals surface area contributed by atoms with Gasteiger partial charge in [-0.25, -0.2) is 0 Å². The van der Waals surface area contributed by atoms with Crippen LogP contribution in [0.15, 0.2) is 48.1 Å². The largest absolute Gasteiger partial charge is 0.456 e. The van der Waals surface area contributed by atoms with Crippen molar-refractivity contribution in [2.75, 3.05) is 13.1 Å². The summed E-state index contributed by atoms with van der Waals surface area (Å²) in [6, 6.07) is 6.99. The van der Waals surface area contributed by atoms with Crippen molar-refractivity contribution in [1.82, 2.24) is 10.3 Å². The third-order valence-electron chi connectivity index (χ3n) is 5.59. The lowest BCUT2D eigenvalue weighted by Gasteiger charge is -2.30. The third-order valence-corrected chi connectivity index (χ3v) is 5.59. The number of carbonyl (C=O) groups excluding carboxylic acids is 1. The quantitative estimate of drug-likeness (QED) is 0.755. The Morgan fingerprint density at radius 2 is 2.04 bits per heavy atom. The molecule has 27 heavy (non-hydrogen) atoms. The summed E-state index contributed by atoms with van der Waals surface area (Å²) in [4.78, 5) is 14.1. The number of hydrogen-bond donors (Lipinski definition) is 2. The van der Waals surface area contributed by atoms with E-state index in [1.54, 1.807) is 6.07 Å². The molecule has 1 unspecified atom stereocenters. The monoisotopic (exact) mass is 374 g/mol. The molecule has 2 N–H and O–H groups in total. The number of halogens is 3. The molecule has 0 saturated carbocycles. The van der Waals surface area contributed by atoms with Gasteiger partial charge in [0.25, 0.3) is 5.78 Å². The molecule has 2 aliphatic rings. The first kappa shape index (κ1) is 18.0. The van der Waals surface area contributed by atoms with E-state index in [2.05, 4.69) is 28.5 Å². The van der Waals surface area contributed by atoms with Gasteiger partial charge in [0.05, 0.1) is 5.69 Å². The fourth-order valence-electron chi connectivity index (χ4n) is 4.17. The molecule has 0 amide bonds. The molecular weight excluding hydrogens is 353 g/mol. The van der Waals surface area contributed by atoms with Crippen LogP contribution in [-0.4, -0.2) is 30.0 Å². The molecule has 1 aromatic heterocycles. The normalized spacial score (nSPS) is 23.0. The second-order valence-corrected chi connectivity index (χ2v) is 7.45. The van der Waals surface area contributed by atoms with E-state index in [0.717, 1.165) is 44.3 Å². The number of benzene rings is 1. The first-order valence-corrected chi connectivity index (χ1v) is 9.18. The Bertz CT molecular complexity index is 931. The van der Waals surface area contributed by atoms with Crippen LogP contribution in [0.2, 0.25) is 0 Å². The van der Waals surface area contributed by atoms with Gasteiger partial charge in [0.2, 0.25) is 0 Å². The highest BCUT2D eigenvalue weighted by Crippen LogP contribution is 2.39. The maximum absolute atomic E-state index is 12.7. The van der Waals surface area contributed by atoms with E-state index >= 15 is 0 Å². The zero-order valence-electron chi connectivity index (χ0n) is 14.8. The number of nitrogens with one attached hydrogen (secondary N) is 2. The molecule has 142 valence electrons. The minimum Gasteiger partial charge on any atom is -0.352 e. The van der Waals surface area contributed by atoms with Crippen LogP contribution in [0.3, 0.4) is 0 Å². The molecule has 4 rings (SSSR count). The number of fused-ring (bicyclic) bond motifs is 1. The van der Waals surface area contributed by atoms with Crippen LogP contribution >= 0.6 is 0 Å². The highest BCUT2D eigenvalue weighted by Gasteiger charge is 2.40. The SMILES string of the molecule is O=C(c1cc2cc(C3(CC4=CCCC=C4)CCNC3)ccc2[nH]1)C(F)(F)F. The molecule has 1 atom stereocenters. The third kappa shape index (κ3) is 3.46. The van der Waals surface area contributed by atoms with Gasteiger partial charge in [-0.1, -0.05) is 29.9 Å². The summed E-state index contributed by atoms with van der Waals surface area (Å²) >= 11 is 0. The van der Waals surface area contributed by atoms with E-state index in [9.17, 15) is 18.0 Å². The average molecular weight is 374 g/mol. The number of H-pyrrole nitrogens is 1. The molecule has 3 nitrogen and oxygen atoms in total. The van der Waals surface area contributed by atoms with E-state index in [1.807, 2.05) is 12.1 Å². The van der Waals surface area contributed by atoms with E-state index in [4.69, 9.17) is 0 Å². The van der Waals surface area contributed by atoms with Gasteiger partial charge in [-0.05, 0) is 56.0 Å². The summed E-state index contributed by atoms with van der Waals surface area (Å²) < 4.78 is 38.2. The van der Waals surface area contributed by atoms with Crippen LogP contribution in [0.25, 0.3) is 10.9 Å². The molecular formula is C21H21F3N2O. The summed E-state index contributed by atoms with van der Waals surface area (Å²) in [5.74, 6) is -1.84. The molecule has 6 heteroatoms. The molecule has 0 bridgehead atoms. The maximum atomic E-state index is 12.7. The Balaban J connectivity index is 1.70. The molecule has 2 heterocycles. The molecule has 1 aliphatic heterocycles. The Hall–Kier alpha value is -2.34. The van der Waals surface area contributed by atoms with Crippen molar-refractivity contribution < 1.29 is 18.0 Å². The van der Waals surface area contributed by atoms with Crippen molar-refractivity contribution in [2.24, 2.45) is 0 Å². The van der Waals surface area contributed by atoms with Crippen LogP contribution in [0.1, 0.15) is 41.7 Å². The molecule has 0 radical (unpaired) electrons. The van der Waals surface area contributed by atoms with E-state index in [-0.39, 0.29) is 5.41 Å². The van der Waals surface area contributed by atoms with Crippen LogP contribution in [-0.2, 0) is 5.41 Å².